The summed E-state index contributed by atoms with van der Waals surface area (Å²) in [6.07, 6.45) is 1.30. The van der Waals surface area contributed by atoms with Crippen molar-refractivity contribution in [2.45, 2.75) is 0 Å². The maximum absolute atomic E-state index is 5.40. The van der Waals surface area contributed by atoms with Gasteiger partial charge >= 0.3 is 0 Å². The third kappa shape index (κ3) is 4.27. The highest BCUT2D eigenvalue weighted by atomic mass is 35.5. The first-order valence-corrected chi connectivity index (χ1v) is 3.13. The van der Waals surface area contributed by atoms with Gasteiger partial charge in [-0.25, -0.2) is 4.99 Å². The zero-order valence-corrected chi connectivity index (χ0v) is 6.93. The smallest absolute Gasteiger partial charge is 0.171 e. The van der Waals surface area contributed by atoms with E-state index in [4.69, 9.17) is 27.8 Å². The van der Waals surface area contributed by atoms with Gasteiger partial charge in [0.25, 0.3) is 0 Å². The van der Waals surface area contributed by atoms with Crippen LogP contribution in [0.2, 0.25) is 0 Å². The predicted octanol–water partition coefficient (Wildman–Crippen LogP) is 0.500. The molecule has 0 heterocycles. The Morgan fingerprint density at radius 3 is 2.45 bits per heavy atom. The van der Waals surface area contributed by atoms with Crippen LogP contribution in [0.25, 0.3) is 0 Å². The van der Waals surface area contributed by atoms with Crippen molar-refractivity contribution in [1.82, 2.24) is 0 Å². The highest BCUT2D eigenvalue weighted by Crippen LogP contribution is 2.01. The zero-order chi connectivity index (χ0) is 8.85. The van der Waals surface area contributed by atoms with E-state index in [1.54, 1.807) is 0 Å². The van der Waals surface area contributed by atoms with E-state index in [0.717, 1.165) is 0 Å². The van der Waals surface area contributed by atoms with Gasteiger partial charge in [-0.2, -0.15) is 0 Å². The van der Waals surface area contributed by atoms with E-state index in [2.05, 4.69) is 11.6 Å². The lowest BCUT2D eigenvalue weighted by Crippen LogP contribution is -2.00. The molecule has 62 valence electrons. The summed E-state index contributed by atoms with van der Waals surface area (Å²) in [5, 5.41) is 0.0255. The molecule has 0 saturated carbocycles. The zero-order valence-electron chi connectivity index (χ0n) is 6.17. The van der Waals surface area contributed by atoms with Crippen LogP contribution in [-0.2, 0) is 4.74 Å². The summed E-state index contributed by atoms with van der Waals surface area (Å²) in [5.74, 6) is 0.427. The minimum Gasteiger partial charge on any atom is -0.492 e. The second-order valence-electron chi connectivity index (χ2n) is 1.67. The average Bonchev–Trinajstić information content (AvgIpc) is 1.87. The van der Waals surface area contributed by atoms with Crippen LogP contribution in [0, 0.1) is 0 Å². The second kappa shape index (κ2) is 4.62. The first kappa shape index (κ1) is 9.84. The van der Waals surface area contributed by atoms with Crippen molar-refractivity contribution in [3.8, 4) is 0 Å². The molecular weight excluding hydrogens is 166 g/mol. The molecule has 11 heavy (non-hydrogen) atoms. The van der Waals surface area contributed by atoms with Gasteiger partial charge in [-0.3, -0.25) is 0 Å². The van der Waals surface area contributed by atoms with Gasteiger partial charge in [-0.05, 0) is 0 Å². The van der Waals surface area contributed by atoms with Crippen molar-refractivity contribution in [2.24, 2.45) is 16.5 Å². The predicted molar refractivity (Wildman–Crippen MR) is 45.9 cm³/mol. The van der Waals surface area contributed by atoms with Crippen molar-refractivity contribution >= 4 is 17.8 Å². The molecule has 5 heteroatoms. The van der Waals surface area contributed by atoms with Crippen LogP contribution in [-0.4, -0.2) is 13.3 Å². The minimum absolute atomic E-state index is 0.0255. The maximum Gasteiger partial charge on any atom is 0.171 e. The highest BCUT2D eigenvalue weighted by molar-refractivity contribution is 6.30. The van der Waals surface area contributed by atoms with E-state index >= 15 is 0 Å². The molecule has 4 nitrogen and oxygen atoms in total. The van der Waals surface area contributed by atoms with E-state index < -0.39 is 0 Å². The van der Waals surface area contributed by atoms with Crippen LogP contribution in [0.1, 0.15) is 0 Å². The molecule has 0 aliphatic rings. The minimum atomic E-state index is 0.0255. The Morgan fingerprint density at radius 2 is 2.18 bits per heavy atom. The molecule has 0 unspecified atom stereocenters. The summed E-state index contributed by atoms with van der Waals surface area (Å²) in [6.45, 7) is 3.34. The Bertz CT molecular complexity index is 206. The van der Waals surface area contributed by atoms with Gasteiger partial charge < -0.3 is 16.2 Å². The molecule has 0 aromatic rings. The van der Waals surface area contributed by atoms with E-state index in [9.17, 15) is 0 Å². The third-order valence-corrected chi connectivity index (χ3v) is 0.989. The lowest BCUT2D eigenvalue weighted by Gasteiger charge is -1.98. The molecule has 0 aromatic heterocycles. The largest absolute Gasteiger partial charge is 0.492 e. The molecule has 0 aliphatic heterocycles. The molecule has 0 aromatic carbocycles. The van der Waals surface area contributed by atoms with Crippen LogP contribution in [0.4, 0.5) is 0 Å². The van der Waals surface area contributed by atoms with Crippen molar-refractivity contribution in [3.63, 3.8) is 0 Å². The van der Waals surface area contributed by atoms with Gasteiger partial charge in [0.2, 0.25) is 0 Å². The van der Waals surface area contributed by atoms with Gasteiger partial charge in [0.05, 0.1) is 13.3 Å². The average molecular weight is 176 g/mol. The molecule has 0 saturated heterocycles. The van der Waals surface area contributed by atoms with Crippen LogP contribution in [0.5, 0.6) is 0 Å². The van der Waals surface area contributed by atoms with Crippen LogP contribution in [0.15, 0.2) is 28.3 Å². The molecule has 0 amide bonds. The number of aliphatic imine (C=N–C) groups is 1. The lowest BCUT2D eigenvalue weighted by molar-refractivity contribution is 0.315. The van der Waals surface area contributed by atoms with E-state index in [1.165, 1.54) is 13.3 Å². The molecule has 4 N–H and O–H groups in total. The van der Waals surface area contributed by atoms with Gasteiger partial charge in [0.15, 0.2) is 5.76 Å². The Morgan fingerprint density at radius 1 is 1.64 bits per heavy atom. The molecule has 0 bridgehead atoms. The molecule has 0 radical (unpaired) electrons. The molecule has 0 spiro atoms. The summed E-state index contributed by atoms with van der Waals surface area (Å²) in [7, 11) is 1.43. The van der Waals surface area contributed by atoms with Crippen LogP contribution in [0.3, 0.4) is 0 Å². The second-order valence-corrected chi connectivity index (χ2v) is 2.07. The number of halogens is 1. The normalized spacial score (nSPS) is 12.9. The molecule has 0 fully saturated rings. The summed E-state index contributed by atoms with van der Waals surface area (Å²) in [6, 6.07) is 0. The summed E-state index contributed by atoms with van der Waals surface area (Å²) >= 11 is 5.40. The SMILES string of the molecule is C=C(N)/N=C\C(OC)=C(/N)Cl. The molecule has 0 rings (SSSR count). The fourth-order valence-electron chi connectivity index (χ4n) is 0.353. The fourth-order valence-corrected chi connectivity index (χ4v) is 0.479. The monoisotopic (exact) mass is 175 g/mol. The van der Waals surface area contributed by atoms with E-state index in [-0.39, 0.29) is 16.7 Å². The number of nitrogens with two attached hydrogens (primary N) is 2. The summed E-state index contributed by atoms with van der Waals surface area (Å²) in [5.41, 5.74) is 10.3. The number of allylic oxidation sites excluding steroid dienone is 1. The quantitative estimate of drug-likeness (QED) is 0.373. The van der Waals surface area contributed by atoms with Crippen molar-refractivity contribution in [2.75, 3.05) is 7.11 Å². The molecular formula is C6H10ClN3O. The number of hydrogen-bond donors (Lipinski definition) is 2. The van der Waals surface area contributed by atoms with Crippen LogP contribution < -0.4 is 11.5 Å². The number of methoxy groups -OCH3 is 1. The Hall–Kier alpha value is -1.16. The van der Waals surface area contributed by atoms with E-state index in [1.807, 2.05) is 0 Å². The Balaban J connectivity index is 4.33. The highest BCUT2D eigenvalue weighted by Gasteiger charge is 1.95. The van der Waals surface area contributed by atoms with Crippen molar-refractivity contribution < 1.29 is 4.74 Å². The first-order valence-electron chi connectivity index (χ1n) is 2.75. The first-order chi connectivity index (χ1) is 5.07. The van der Waals surface area contributed by atoms with Gasteiger partial charge in [-0.1, -0.05) is 18.2 Å². The van der Waals surface area contributed by atoms with Gasteiger partial charge in [0.1, 0.15) is 11.0 Å². The van der Waals surface area contributed by atoms with Gasteiger partial charge in [0, 0.05) is 0 Å². The molecule has 0 aliphatic carbocycles. The van der Waals surface area contributed by atoms with Crippen molar-refractivity contribution in [1.29, 1.82) is 0 Å². The standard InChI is InChI=1S/C6H10ClN3O/c1-4(8)10-3-5(11-2)6(7)9/h3H,1,8-9H2,2H3/b6-5+,10-3-. The van der Waals surface area contributed by atoms with E-state index in [0.29, 0.717) is 0 Å². The van der Waals surface area contributed by atoms with Crippen LogP contribution >= 0.6 is 11.6 Å². The molecule has 0 atom stereocenters. The van der Waals surface area contributed by atoms with Gasteiger partial charge in [-0.15, -0.1) is 0 Å². The Labute approximate surface area is 70.2 Å². The number of hydrogen-bond acceptors (Lipinski definition) is 4. The number of nitrogens with zero attached hydrogens (tertiary/aromatic N) is 1. The fraction of sp³-hybridized carbons (Fsp3) is 0.167. The van der Waals surface area contributed by atoms with Crippen molar-refractivity contribution in [3.05, 3.63) is 23.3 Å². The number of ether oxygens (including phenoxy) is 1. The summed E-state index contributed by atoms with van der Waals surface area (Å²) < 4.78 is 4.74. The topological polar surface area (TPSA) is 73.6 Å². The maximum atomic E-state index is 5.40. The Kier molecular flexibility index (Phi) is 4.14. The summed E-state index contributed by atoms with van der Waals surface area (Å²) in [4.78, 5) is 3.63. The number of rotatable bonds is 3. The lowest BCUT2D eigenvalue weighted by atomic mass is 10.6. The third-order valence-electron chi connectivity index (χ3n) is 0.803.